The van der Waals surface area contributed by atoms with Gasteiger partial charge in [0.15, 0.2) is 0 Å². The van der Waals surface area contributed by atoms with Gasteiger partial charge in [-0.1, -0.05) is 44.2 Å². The van der Waals surface area contributed by atoms with E-state index in [1.54, 1.807) is 0 Å². The molecule has 3 nitrogen and oxygen atoms in total. The largest absolute Gasteiger partial charge is 0.338 e. The average Bonchev–Trinajstić information content (AvgIpc) is 3.19. The van der Waals surface area contributed by atoms with Gasteiger partial charge in [0.05, 0.1) is 0 Å². The van der Waals surface area contributed by atoms with Crippen molar-refractivity contribution >= 4 is 5.91 Å². The third-order valence-electron chi connectivity index (χ3n) is 3.26. The van der Waals surface area contributed by atoms with Crippen molar-refractivity contribution in [3.05, 3.63) is 35.9 Å². The summed E-state index contributed by atoms with van der Waals surface area (Å²) in [7, 11) is 0. The summed E-state index contributed by atoms with van der Waals surface area (Å²) >= 11 is 0. The third kappa shape index (κ3) is 3.10. The van der Waals surface area contributed by atoms with Gasteiger partial charge in [-0.2, -0.15) is 0 Å². The Kier molecular flexibility index (Phi) is 4.02. The first kappa shape index (κ1) is 13.1. The van der Waals surface area contributed by atoms with Crippen LogP contribution in [-0.2, 0) is 4.79 Å². The van der Waals surface area contributed by atoms with E-state index in [1.165, 1.54) is 0 Å². The maximum atomic E-state index is 12.5. The fourth-order valence-electron chi connectivity index (χ4n) is 2.18. The summed E-state index contributed by atoms with van der Waals surface area (Å²) in [6.07, 6.45) is 2.25. The Morgan fingerprint density at radius 3 is 2.44 bits per heavy atom. The Morgan fingerprint density at radius 2 is 1.94 bits per heavy atom. The van der Waals surface area contributed by atoms with Crippen LogP contribution in [0.5, 0.6) is 0 Å². The summed E-state index contributed by atoms with van der Waals surface area (Å²) in [6.45, 7) is 5.08. The molecule has 1 aromatic carbocycles. The number of hydrogen-bond donors (Lipinski definition) is 1. The molecule has 1 aromatic rings. The molecule has 0 radical (unpaired) electrons. The van der Waals surface area contributed by atoms with E-state index in [0.717, 1.165) is 24.9 Å². The van der Waals surface area contributed by atoms with Crippen LogP contribution in [0.4, 0.5) is 0 Å². The number of nitrogens with zero attached hydrogens (tertiary/aromatic N) is 1. The van der Waals surface area contributed by atoms with Gasteiger partial charge in [-0.15, -0.1) is 0 Å². The summed E-state index contributed by atoms with van der Waals surface area (Å²) in [5, 5.41) is 0. The zero-order valence-electron chi connectivity index (χ0n) is 11.2. The zero-order valence-corrected chi connectivity index (χ0v) is 11.2. The molecular formula is C15H22N2O. The predicted molar refractivity (Wildman–Crippen MR) is 72.9 cm³/mol. The van der Waals surface area contributed by atoms with Gasteiger partial charge >= 0.3 is 0 Å². The van der Waals surface area contributed by atoms with E-state index in [1.807, 2.05) is 35.2 Å². The fraction of sp³-hybridized carbons (Fsp3) is 0.533. The molecule has 2 rings (SSSR count). The summed E-state index contributed by atoms with van der Waals surface area (Å²) in [5.74, 6) is 0.551. The molecule has 1 amide bonds. The second-order valence-electron chi connectivity index (χ2n) is 5.50. The van der Waals surface area contributed by atoms with E-state index in [9.17, 15) is 4.79 Å². The summed E-state index contributed by atoms with van der Waals surface area (Å²) in [5.41, 5.74) is 6.99. The Bertz CT molecular complexity index is 398. The molecule has 0 heterocycles. The molecule has 1 aliphatic carbocycles. The molecule has 3 heteroatoms. The second-order valence-corrected chi connectivity index (χ2v) is 5.50. The minimum Gasteiger partial charge on any atom is -0.338 e. The molecule has 0 aliphatic heterocycles. The lowest BCUT2D eigenvalue weighted by molar-refractivity contribution is -0.133. The molecule has 2 N–H and O–H groups in total. The highest BCUT2D eigenvalue weighted by Crippen LogP contribution is 2.29. The summed E-state index contributed by atoms with van der Waals surface area (Å²) in [6, 6.07) is 9.53. The Labute approximate surface area is 109 Å². The van der Waals surface area contributed by atoms with Crippen LogP contribution in [0.2, 0.25) is 0 Å². The topological polar surface area (TPSA) is 46.3 Å². The SMILES string of the molecule is CC(C)CN(C(=O)[C@H](N)c1ccccc1)C1CC1. The van der Waals surface area contributed by atoms with Gasteiger partial charge in [0, 0.05) is 12.6 Å². The van der Waals surface area contributed by atoms with Crippen LogP contribution in [0.15, 0.2) is 30.3 Å². The smallest absolute Gasteiger partial charge is 0.244 e. The lowest BCUT2D eigenvalue weighted by Gasteiger charge is -2.27. The van der Waals surface area contributed by atoms with Crippen molar-refractivity contribution in [3.8, 4) is 0 Å². The van der Waals surface area contributed by atoms with Gasteiger partial charge in [0.2, 0.25) is 5.91 Å². The number of carbonyl (C=O) groups is 1. The van der Waals surface area contributed by atoms with Gasteiger partial charge in [-0.3, -0.25) is 4.79 Å². The number of rotatable bonds is 5. The van der Waals surface area contributed by atoms with Gasteiger partial charge < -0.3 is 10.6 Å². The van der Waals surface area contributed by atoms with Crippen LogP contribution in [0.1, 0.15) is 38.3 Å². The normalized spacial score (nSPS) is 16.7. The van der Waals surface area contributed by atoms with Gasteiger partial charge in [-0.25, -0.2) is 0 Å². The lowest BCUT2D eigenvalue weighted by atomic mass is 10.1. The van der Waals surface area contributed by atoms with E-state index in [0.29, 0.717) is 12.0 Å². The first-order valence-corrected chi connectivity index (χ1v) is 6.70. The van der Waals surface area contributed by atoms with Crippen molar-refractivity contribution in [2.45, 2.75) is 38.8 Å². The molecule has 1 fully saturated rings. The molecule has 0 saturated heterocycles. The maximum absolute atomic E-state index is 12.5. The van der Waals surface area contributed by atoms with Crippen LogP contribution in [0, 0.1) is 5.92 Å². The van der Waals surface area contributed by atoms with Crippen molar-refractivity contribution in [2.24, 2.45) is 11.7 Å². The fourth-order valence-corrected chi connectivity index (χ4v) is 2.18. The first-order valence-electron chi connectivity index (χ1n) is 6.70. The second kappa shape index (κ2) is 5.53. The zero-order chi connectivity index (χ0) is 13.1. The van der Waals surface area contributed by atoms with Crippen LogP contribution in [0.3, 0.4) is 0 Å². The number of carbonyl (C=O) groups excluding carboxylic acids is 1. The van der Waals surface area contributed by atoms with Crippen LogP contribution in [-0.4, -0.2) is 23.4 Å². The molecule has 0 aromatic heterocycles. The Morgan fingerprint density at radius 1 is 1.33 bits per heavy atom. The highest BCUT2D eigenvalue weighted by Gasteiger charge is 2.35. The minimum absolute atomic E-state index is 0.0670. The van der Waals surface area contributed by atoms with Gasteiger partial charge in [-0.05, 0) is 24.3 Å². The molecule has 0 bridgehead atoms. The first-order chi connectivity index (χ1) is 8.59. The van der Waals surface area contributed by atoms with Crippen LogP contribution >= 0.6 is 0 Å². The average molecular weight is 246 g/mol. The third-order valence-corrected chi connectivity index (χ3v) is 3.26. The van der Waals surface area contributed by atoms with E-state index < -0.39 is 6.04 Å². The van der Waals surface area contributed by atoms with E-state index >= 15 is 0 Å². The molecule has 0 unspecified atom stereocenters. The van der Waals surface area contributed by atoms with Gasteiger partial charge in [0.25, 0.3) is 0 Å². The maximum Gasteiger partial charge on any atom is 0.244 e. The Hall–Kier alpha value is -1.35. The molecule has 1 aliphatic rings. The monoisotopic (exact) mass is 246 g/mol. The lowest BCUT2D eigenvalue weighted by Crippen LogP contribution is -2.42. The van der Waals surface area contributed by atoms with Crippen molar-refractivity contribution in [1.29, 1.82) is 0 Å². The summed E-state index contributed by atoms with van der Waals surface area (Å²) in [4.78, 5) is 14.4. The van der Waals surface area contributed by atoms with Gasteiger partial charge in [0.1, 0.15) is 6.04 Å². The number of nitrogens with two attached hydrogens (primary N) is 1. The number of amides is 1. The van der Waals surface area contributed by atoms with Crippen molar-refractivity contribution in [2.75, 3.05) is 6.54 Å². The van der Waals surface area contributed by atoms with Crippen LogP contribution in [0.25, 0.3) is 0 Å². The number of benzene rings is 1. The molecule has 1 saturated carbocycles. The molecule has 98 valence electrons. The van der Waals surface area contributed by atoms with Crippen molar-refractivity contribution < 1.29 is 4.79 Å². The van der Waals surface area contributed by atoms with E-state index in [2.05, 4.69) is 13.8 Å². The van der Waals surface area contributed by atoms with Crippen molar-refractivity contribution in [3.63, 3.8) is 0 Å². The van der Waals surface area contributed by atoms with E-state index in [4.69, 9.17) is 5.73 Å². The summed E-state index contributed by atoms with van der Waals surface area (Å²) < 4.78 is 0. The molecule has 1 atom stereocenters. The molecule has 18 heavy (non-hydrogen) atoms. The minimum atomic E-state index is -0.523. The highest BCUT2D eigenvalue weighted by atomic mass is 16.2. The molecule has 0 spiro atoms. The Balaban J connectivity index is 2.08. The molecular weight excluding hydrogens is 224 g/mol. The standard InChI is InChI=1S/C15H22N2O/c1-11(2)10-17(13-8-9-13)15(18)14(16)12-6-4-3-5-7-12/h3-7,11,13-14H,8-10,16H2,1-2H3/t14-/m1/s1. The highest BCUT2D eigenvalue weighted by molar-refractivity contribution is 5.83. The quantitative estimate of drug-likeness (QED) is 0.866. The van der Waals surface area contributed by atoms with E-state index in [-0.39, 0.29) is 5.91 Å². The van der Waals surface area contributed by atoms with Crippen molar-refractivity contribution in [1.82, 2.24) is 4.90 Å². The number of hydrogen-bond acceptors (Lipinski definition) is 2. The predicted octanol–water partition coefficient (Wildman–Crippen LogP) is 2.33. The van der Waals surface area contributed by atoms with Crippen LogP contribution < -0.4 is 5.73 Å².